The molecule has 0 aliphatic carbocycles. The van der Waals surface area contributed by atoms with Crippen LogP contribution in [0.25, 0.3) is 11.1 Å². The van der Waals surface area contributed by atoms with Gasteiger partial charge in [-0.15, -0.1) is 0 Å². The fraction of sp³-hybridized carbons (Fsp3) is 0.182. The van der Waals surface area contributed by atoms with Gasteiger partial charge >= 0.3 is 0 Å². The highest BCUT2D eigenvalue weighted by molar-refractivity contribution is 5.98. The molecule has 0 bridgehead atoms. The van der Waals surface area contributed by atoms with Gasteiger partial charge in [0.25, 0.3) is 11.8 Å². The van der Waals surface area contributed by atoms with E-state index in [0.29, 0.717) is 5.69 Å². The molecule has 3 rings (SSSR count). The van der Waals surface area contributed by atoms with Gasteiger partial charge in [0, 0.05) is 23.6 Å². The summed E-state index contributed by atoms with van der Waals surface area (Å²) in [7, 11) is 0. The number of aromatic nitrogens is 2. The number of hydrogen-bond donors (Lipinski definition) is 6. The van der Waals surface area contributed by atoms with Crippen molar-refractivity contribution in [1.82, 2.24) is 20.3 Å². The summed E-state index contributed by atoms with van der Waals surface area (Å²) in [6, 6.07) is 12.2. The molecule has 0 unspecified atom stereocenters. The molecule has 0 radical (unpaired) electrons. The van der Waals surface area contributed by atoms with Gasteiger partial charge in [-0.25, -0.2) is 10.5 Å². The number of imidazole rings is 1. The Hall–Kier alpha value is -4.06. The van der Waals surface area contributed by atoms with Gasteiger partial charge in [-0.1, -0.05) is 24.3 Å². The minimum Gasteiger partial charge on any atom is -0.376 e. The number of aliphatic hydroxyl groups is 1. The average Bonchev–Trinajstić information content (AvgIpc) is 3.21. The summed E-state index contributed by atoms with van der Waals surface area (Å²) in [4.78, 5) is 40.1. The molecule has 0 aliphatic heterocycles. The van der Waals surface area contributed by atoms with Gasteiger partial charge in [0.05, 0.1) is 0 Å². The van der Waals surface area contributed by atoms with Gasteiger partial charge in [-0.2, -0.15) is 0 Å². The Morgan fingerprint density at radius 1 is 1.06 bits per heavy atom. The fourth-order valence-corrected chi connectivity index (χ4v) is 3.09. The van der Waals surface area contributed by atoms with E-state index in [1.807, 2.05) is 19.1 Å². The molecule has 1 aromatic heterocycles. The maximum Gasteiger partial charge on any atom is 0.270 e. The first-order valence-electron chi connectivity index (χ1n) is 9.95. The van der Waals surface area contributed by atoms with E-state index in [0.717, 1.165) is 17.0 Å². The zero-order valence-electron chi connectivity index (χ0n) is 17.7. The summed E-state index contributed by atoms with van der Waals surface area (Å²) in [6.45, 7) is 1.99. The number of benzene rings is 2. The highest BCUT2D eigenvalue weighted by Crippen LogP contribution is 2.22. The number of aryl methyl sites for hydroxylation is 1. The molecule has 11 nitrogen and oxygen atoms in total. The predicted octanol–water partition coefficient (Wildman–Crippen LogP) is 0.378. The molecule has 0 fully saturated rings. The van der Waals surface area contributed by atoms with E-state index in [2.05, 4.69) is 15.6 Å². The SMILES string of the molecule is Cc1nccn1CC(=O)Nc1ccc(-c2ccc(C(=O)N[C@H](C(=O)NO)[C@@H](N)O)cc2)cc1. The van der Waals surface area contributed by atoms with Crippen LogP contribution >= 0.6 is 0 Å². The largest absolute Gasteiger partial charge is 0.376 e. The Balaban J connectivity index is 1.62. The molecule has 1 heterocycles. The average molecular weight is 452 g/mol. The minimum absolute atomic E-state index is 0.166. The topological polar surface area (TPSA) is 172 Å². The van der Waals surface area contributed by atoms with E-state index in [-0.39, 0.29) is 18.0 Å². The number of carbonyl (C=O) groups is 3. The molecule has 0 aliphatic rings. The Morgan fingerprint density at radius 2 is 1.67 bits per heavy atom. The number of aliphatic hydroxyl groups excluding tert-OH is 1. The number of hydroxylamine groups is 1. The van der Waals surface area contributed by atoms with Crippen LogP contribution in [0.3, 0.4) is 0 Å². The van der Waals surface area contributed by atoms with Crippen LogP contribution in [0.5, 0.6) is 0 Å². The summed E-state index contributed by atoms with van der Waals surface area (Å²) >= 11 is 0. The van der Waals surface area contributed by atoms with Gasteiger partial charge in [0.15, 0.2) is 0 Å². The lowest BCUT2D eigenvalue weighted by Crippen LogP contribution is -2.55. The van der Waals surface area contributed by atoms with Crippen molar-refractivity contribution in [3.63, 3.8) is 0 Å². The van der Waals surface area contributed by atoms with E-state index in [9.17, 15) is 19.5 Å². The number of nitrogens with one attached hydrogen (secondary N) is 3. The fourth-order valence-electron chi connectivity index (χ4n) is 3.09. The van der Waals surface area contributed by atoms with Gasteiger partial charge in [-0.05, 0) is 42.3 Å². The molecular formula is C22H24N6O5. The summed E-state index contributed by atoms with van der Waals surface area (Å²) in [5.74, 6) is -1.10. The van der Waals surface area contributed by atoms with Crippen LogP contribution in [0.1, 0.15) is 16.2 Å². The number of carbonyl (C=O) groups excluding carboxylic acids is 3. The number of nitrogens with zero attached hydrogens (tertiary/aromatic N) is 2. The molecular weight excluding hydrogens is 428 g/mol. The highest BCUT2D eigenvalue weighted by Gasteiger charge is 2.26. The van der Waals surface area contributed by atoms with E-state index in [1.54, 1.807) is 53.4 Å². The Morgan fingerprint density at radius 3 is 2.18 bits per heavy atom. The first-order valence-corrected chi connectivity index (χ1v) is 9.95. The van der Waals surface area contributed by atoms with Crippen LogP contribution in [-0.2, 0) is 16.1 Å². The third-order valence-electron chi connectivity index (χ3n) is 4.91. The maximum absolute atomic E-state index is 12.3. The van der Waals surface area contributed by atoms with Crippen molar-refractivity contribution < 1.29 is 24.7 Å². The van der Waals surface area contributed by atoms with Crippen molar-refractivity contribution in [3.05, 3.63) is 72.3 Å². The van der Waals surface area contributed by atoms with Gasteiger partial charge in [-0.3, -0.25) is 19.6 Å². The Kier molecular flexibility index (Phi) is 7.51. The minimum atomic E-state index is -1.69. The van der Waals surface area contributed by atoms with Crippen molar-refractivity contribution in [3.8, 4) is 11.1 Å². The summed E-state index contributed by atoms with van der Waals surface area (Å²) < 4.78 is 1.74. The zero-order valence-corrected chi connectivity index (χ0v) is 17.7. The number of nitrogens with two attached hydrogens (primary N) is 1. The van der Waals surface area contributed by atoms with Crippen molar-refractivity contribution in [2.45, 2.75) is 25.7 Å². The molecule has 11 heteroatoms. The van der Waals surface area contributed by atoms with E-state index < -0.39 is 24.1 Å². The van der Waals surface area contributed by atoms with Crippen LogP contribution in [0, 0.1) is 6.92 Å². The predicted molar refractivity (Wildman–Crippen MR) is 119 cm³/mol. The Bertz CT molecular complexity index is 1120. The molecule has 0 saturated carbocycles. The van der Waals surface area contributed by atoms with E-state index in [4.69, 9.17) is 10.9 Å². The molecule has 7 N–H and O–H groups in total. The maximum atomic E-state index is 12.3. The number of anilines is 1. The highest BCUT2D eigenvalue weighted by atomic mass is 16.5. The van der Waals surface area contributed by atoms with Crippen LogP contribution in [0.2, 0.25) is 0 Å². The van der Waals surface area contributed by atoms with Crippen molar-refractivity contribution in [1.29, 1.82) is 0 Å². The third kappa shape index (κ3) is 6.01. The van der Waals surface area contributed by atoms with Crippen molar-refractivity contribution in [2.75, 3.05) is 5.32 Å². The molecule has 3 amide bonds. The van der Waals surface area contributed by atoms with Crippen molar-refractivity contribution in [2.24, 2.45) is 5.73 Å². The second-order valence-corrected chi connectivity index (χ2v) is 7.22. The number of hydrogen-bond acceptors (Lipinski definition) is 7. The van der Waals surface area contributed by atoms with Gasteiger partial charge in [0.2, 0.25) is 5.91 Å². The van der Waals surface area contributed by atoms with E-state index >= 15 is 0 Å². The van der Waals surface area contributed by atoms with Crippen LogP contribution in [-0.4, -0.2) is 49.9 Å². The lowest BCUT2D eigenvalue weighted by atomic mass is 10.0. The molecule has 0 spiro atoms. The molecule has 33 heavy (non-hydrogen) atoms. The normalized spacial score (nSPS) is 12.5. The smallest absolute Gasteiger partial charge is 0.270 e. The van der Waals surface area contributed by atoms with Crippen LogP contribution in [0.4, 0.5) is 5.69 Å². The summed E-state index contributed by atoms with van der Waals surface area (Å²) in [6.07, 6.45) is 1.68. The van der Waals surface area contributed by atoms with Gasteiger partial charge in [0.1, 0.15) is 24.6 Å². The second-order valence-electron chi connectivity index (χ2n) is 7.22. The Labute approximate surface area is 189 Å². The lowest BCUT2D eigenvalue weighted by Gasteiger charge is -2.19. The van der Waals surface area contributed by atoms with E-state index in [1.165, 1.54) is 5.48 Å². The summed E-state index contributed by atoms with van der Waals surface area (Å²) in [5, 5.41) is 23.2. The molecule has 2 atom stereocenters. The van der Waals surface area contributed by atoms with Crippen molar-refractivity contribution >= 4 is 23.4 Å². The molecule has 172 valence electrons. The lowest BCUT2D eigenvalue weighted by molar-refractivity contribution is -0.133. The zero-order chi connectivity index (χ0) is 24.0. The summed E-state index contributed by atoms with van der Waals surface area (Å²) in [5.41, 5.74) is 9.16. The molecule has 3 aromatic rings. The quantitative estimate of drug-likeness (QED) is 0.163. The molecule has 0 saturated heterocycles. The standard InChI is InChI=1S/C22H24N6O5/c1-13-24-10-11-28(13)12-18(29)25-17-8-6-15(7-9-17)14-2-4-16(5-3-14)21(31)26-19(20(23)30)22(32)27-33/h2-11,19-20,30,33H,12,23H2,1H3,(H,25,29)(H,26,31)(H,27,32)/t19-,20-/m0/s1. The molecule has 2 aromatic carbocycles. The monoisotopic (exact) mass is 452 g/mol. The third-order valence-corrected chi connectivity index (χ3v) is 4.91. The first kappa shape index (κ1) is 23.6. The number of amides is 3. The van der Waals surface area contributed by atoms with Gasteiger partial charge < -0.3 is 26.0 Å². The first-order chi connectivity index (χ1) is 15.8. The number of rotatable bonds is 8. The second kappa shape index (κ2) is 10.5. The van der Waals surface area contributed by atoms with Crippen LogP contribution in [0.15, 0.2) is 60.9 Å². The van der Waals surface area contributed by atoms with Crippen LogP contribution < -0.4 is 21.8 Å².